The van der Waals surface area contributed by atoms with E-state index in [1.165, 1.54) is 0 Å². The van der Waals surface area contributed by atoms with Crippen LogP contribution in [0.4, 0.5) is 5.82 Å². The number of nitrogen functional groups attached to an aromatic ring is 1. The summed E-state index contributed by atoms with van der Waals surface area (Å²) in [4.78, 5) is 4.06. The first-order valence-corrected chi connectivity index (χ1v) is 5.19. The maximum atomic E-state index is 9.15. The molecule has 0 aromatic carbocycles. The molecule has 0 bridgehead atoms. The van der Waals surface area contributed by atoms with Crippen molar-refractivity contribution in [3.63, 3.8) is 0 Å². The Kier molecular flexibility index (Phi) is 3.17. The van der Waals surface area contributed by atoms with Gasteiger partial charge in [0.15, 0.2) is 0 Å². The molecule has 1 aromatic heterocycles. The Morgan fingerprint density at radius 1 is 1.38 bits per heavy atom. The maximum Gasteiger partial charge on any atom is 0.123 e. The van der Waals surface area contributed by atoms with Gasteiger partial charge >= 0.3 is 0 Å². The Balaban J connectivity index is 2.35. The van der Waals surface area contributed by atoms with E-state index in [2.05, 4.69) is 11.1 Å². The van der Waals surface area contributed by atoms with Crippen molar-refractivity contribution in [2.45, 2.75) is 6.42 Å². The predicted molar refractivity (Wildman–Crippen MR) is 65.6 cm³/mol. The monoisotopic (exact) mass is 214 g/mol. The van der Waals surface area contributed by atoms with Crippen LogP contribution in [0.2, 0.25) is 0 Å². The quantitative estimate of drug-likeness (QED) is 0.790. The highest BCUT2D eigenvalue weighted by Crippen LogP contribution is 2.20. The van der Waals surface area contributed by atoms with Crippen LogP contribution in [0.25, 0.3) is 5.57 Å². The van der Waals surface area contributed by atoms with Crippen LogP contribution >= 0.6 is 0 Å². The second-order valence-corrected chi connectivity index (χ2v) is 3.65. The van der Waals surface area contributed by atoms with Gasteiger partial charge in [-0.1, -0.05) is 18.2 Å². The molecule has 0 atom stereocenters. The van der Waals surface area contributed by atoms with E-state index in [0.29, 0.717) is 5.82 Å². The van der Waals surface area contributed by atoms with Crippen molar-refractivity contribution in [3.05, 3.63) is 53.8 Å². The Morgan fingerprint density at radius 3 is 2.94 bits per heavy atom. The Hall–Kier alpha value is -1.87. The van der Waals surface area contributed by atoms with Crippen LogP contribution < -0.4 is 5.73 Å². The first-order valence-electron chi connectivity index (χ1n) is 5.19. The minimum absolute atomic E-state index is 0.0631. The molecule has 1 heterocycles. The molecule has 0 spiro atoms. The normalized spacial score (nSPS) is 15.3. The van der Waals surface area contributed by atoms with Gasteiger partial charge in [-0.3, -0.25) is 0 Å². The number of nitrogens with zero attached hydrogens (tertiary/aromatic N) is 1. The van der Waals surface area contributed by atoms with Gasteiger partial charge in [0.25, 0.3) is 0 Å². The fourth-order valence-corrected chi connectivity index (χ4v) is 1.59. The van der Waals surface area contributed by atoms with Gasteiger partial charge in [0.05, 0.1) is 6.61 Å². The molecule has 0 fully saturated rings. The van der Waals surface area contributed by atoms with Crippen molar-refractivity contribution in [2.75, 3.05) is 12.3 Å². The summed E-state index contributed by atoms with van der Waals surface area (Å²) in [5.74, 6) is 0.514. The third kappa shape index (κ3) is 2.38. The van der Waals surface area contributed by atoms with Gasteiger partial charge in [-0.05, 0) is 35.8 Å². The van der Waals surface area contributed by atoms with Crippen LogP contribution in [0.5, 0.6) is 0 Å². The second-order valence-electron chi connectivity index (χ2n) is 3.65. The van der Waals surface area contributed by atoms with Crippen molar-refractivity contribution in [3.8, 4) is 0 Å². The number of aliphatic hydroxyl groups is 1. The molecule has 3 nitrogen and oxygen atoms in total. The van der Waals surface area contributed by atoms with E-state index in [9.17, 15) is 0 Å². The van der Waals surface area contributed by atoms with E-state index >= 15 is 0 Å². The number of nitrogens with two attached hydrogens (primary N) is 1. The molecular weight excluding hydrogens is 200 g/mol. The Labute approximate surface area is 94.6 Å². The smallest absolute Gasteiger partial charge is 0.123 e. The van der Waals surface area contributed by atoms with Crippen LogP contribution in [-0.4, -0.2) is 16.7 Å². The number of anilines is 1. The Morgan fingerprint density at radius 2 is 2.25 bits per heavy atom. The number of hydrogen-bond donors (Lipinski definition) is 2. The lowest BCUT2D eigenvalue weighted by atomic mass is 10.1. The van der Waals surface area contributed by atoms with Gasteiger partial charge in [-0.2, -0.15) is 0 Å². The lowest BCUT2D eigenvalue weighted by molar-refractivity contribution is 0.335. The highest BCUT2D eigenvalue weighted by atomic mass is 16.3. The number of rotatable bonds is 2. The van der Waals surface area contributed by atoms with E-state index in [4.69, 9.17) is 10.8 Å². The standard InChI is InChI=1S/C13H14N2O/c14-13-6-5-12(8-15-13)11-4-2-1-3-10(7-11)9-16/h2-8,16H,1,9H2,(H2,14,15). The molecule has 0 radical (unpaired) electrons. The highest BCUT2D eigenvalue weighted by Gasteiger charge is 2.02. The second kappa shape index (κ2) is 4.77. The molecule has 82 valence electrons. The molecule has 3 heteroatoms. The number of hydrogen-bond acceptors (Lipinski definition) is 3. The summed E-state index contributed by atoms with van der Waals surface area (Å²) >= 11 is 0. The summed E-state index contributed by atoms with van der Waals surface area (Å²) < 4.78 is 0. The summed E-state index contributed by atoms with van der Waals surface area (Å²) in [5.41, 5.74) is 8.52. The summed E-state index contributed by atoms with van der Waals surface area (Å²) in [6.45, 7) is 0.0631. The zero-order valence-electron chi connectivity index (χ0n) is 8.93. The average molecular weight is 214 g/mol. The van der Waals surface area contributed by atoms with E-state index in [0.717, 1.165) is 23.1 Å². The number of aliphatic hydroxyl groups excluding tert-OH is 1. The van der Waals surface area contributed by atoms with Crippen molar-refractivity contribution in [1.82, 2.24) is 4.98 Å². The van der Waals surface area contributed by atoms with Gasteiger partial charge < -0.3 is 10.8 Å². The van der Waals surface area contributed by atoms with Gasteiger partial charge in [0, 0.05) is 11.8 Å². The third-order valence-electron chi connectivity index (χ3n) is 2.46. The van der Waals surface area contributed by atoms with E-state index < -0.39 is 0 Å². The minimum atomic E-state index is 0.0631. The van der Waals surface area contributed by atoms with Gasteiger partial charge in [0.1, 0.15) is 5.82 Å². The summed E-state index contributed by atoms with van der Waals surface area (Å²) in [5, 5.41) is 9.15. The van der Waals surface area contributed by atoms with Crippen LogP contribution in [0.3, 0.4) is 0 Å². The molecule has 16 heavy (non-hydrogen) atoms. The average Bonchev–Trinajstić information content (AvgIpc) is 2.55. The minimum Gasteiger partial charge on any atom is -0.392 e. The molecular formula is C13H14N2O. The molecule has 0 saturated carbocycles. The summed E-state index contributed by atoms with van der Waals surface area (Å²) in [7, 11) is 0. The van der Waals surface area contributed by atoms with Crippen molar-refractivity contribution >= 4 is 11.4 Å². The topological polar surface area (TPSA) is 59.1 Å². The molecule has 1 aromatic rings. The zero-order valence-corrected chi connectivity index (χ0v) is 8.93. The SMILES string of the molecule is Nc1ccc(C2=CC(CO)=CCC=C2)cn1. The lowest BCUT2D eigenvalue weighted by Gasteiger charge is -2.03. The highest BCUT2D eigenvalue weighted by molar-refractivity contribution is 5.76. The number of aromatic nitrogens is 1. The Bertz CT molecular complexity index is 455. The van der Waals surface area contributed by atoms with E-state index in [1.54, 1.807) is 12.3 Å². The first-order chi connectivity index (χ1) is 7.79. The fourth-order valence-electron chi connectivity index (χ4n) is 1.59. The fraction of sp³-hybridized carbons (Fsp3) is 0.154. The van der Waals surface area contributed by atoms with Crippen molar-refractivity contribution in [1.29, 1.82) is 0 Å². The largest absolute Gasteiger partial charge is 0.392 e. The number of pyridine rings is 1. The molecule has 0 saturated heterocycles. The van der Waals surface area contributed by atoms with Crippen LogP contribution in [0.1, 0.15) is 12.0 Å². The molecule has 0 aliphatic heterocycles. The predicted octanol–water partition coefficient (Wildman–Crippen LogP) is 1.93. The molecule has 1 aliphatic rings. The first kappa shape index (κ1) is 10.6. The van der Waals surface area contributed by atoms with Crippen LogP contribution in [0, 0.1) is 0 Å². The lowest BCUT2D eigenvalue weighted by Crippen LogP contribution is -1.91. The molecule has 2 rings (SSSR count). The maximum absolute atomic E-state index is 9.15. The summed E-state index contributed by atoms with van der Waals surface area (Å²) in [6, 6.07) is 3.70. The third-order valence-corrected chi connectivity index (χ3v) is 2.46. The molecule has 3 N–H and O–H groups in total. The molecule has 0 unspecified atom stereocenters. The van der Waals surface area contributed by atoms with Crippen LogP contribution in [0.15, 0.2) is 48.2 Å². The van der Waals surface area contributed by atoms with Crippen molar-refractivity contribution < 1.29 is 5.11 Å². The van der Waals surface area contributed by atoms with E-state index in [1.807, 2.05) is 24.3 Å². The van der Waals surface area contributed by atoms with Crippen molar-refractivity contribution in [2.24, 2.45) is 0 Å². The summed E-state index contributed by atoms with van der Waals surface area (Å²) in [6.07, 6.45) is 10.7. The van der Waals surface area contributed by atoms with Gasteiger partial charge in [0.2, 0.25) is 0 Å². The number of allylic oxidation sites excluding steroid dienone is 4. The van der Waals surface area contributed by atoms with Gasteiger partial charge in [-0.15, -0.1) is 0 Å². The zero-order chi connectivity index (χ0) is 11.4. The van der Waals surface area contributed by atoms with E-state index in [-0.39, 0.29) is 6.61 Å². The molecule has 1 aliphatic carbocycles. The van der Waals surface area contributed by atoms with Gasteiger partial charge in [-0.25, -0.2) is 4.98 Å². The molecule has 0 amide bonds. The van der Waals surface area contributed by atoms with Crippen LogP contribution in [-0.2, 0) is 0 Å².